The van der Waals surface area contributed by atoms with E-state index >= 15 is 0 Å². The Kier molecular flexibility index (Phi) is 4.88. The molecule has 0 saturated carbocycles. The molecule has 1 heterocycles. The normalized spacial score (nSPS) is 16.5. The third kappa shape index (κ3) is 3.83. The molecular weight excluding hydrogens is 332 g/mol. The van der Waals surface area contributed by atoms with Crippen LogP contribution in [-0.4, -0.2) is 29.3 Å². The van der Waals surface area contributed by atoms with E-state index in [-0.39, 0.29) is 17.7 Å². The van der Waals surface area contributed by atoms with Crippen molar-refractivity contribution in [1.82, 2.24) is 5.43 Å². The van der Waals surface area contributed by atoms with E-state index in [1.165, 1.54) is 13.1 Å². The number of amides is 2. The van der Waals surface area contributed by atoms with Gasteiger partial charge in [0.1, 0.15) is 0 Å². The molecule has 0 aromatic heterocycles. The first-order chi connectivity index (χ1) is 12.4. The smallest absolute Gasteiger partial charge is 0.256 e. The molecule has 7 heteroatoms. The number of nitroso groups, excluding NO2 is 1. The quantitative estimate of drug-likeness (QED) is 0.830. The van der Waals surface area contributed by atoms with Gasteiger partial charge in [-0.2, -0.15) is 5.10 Å². The van der Waals surface area contributed by atoms with E-state index in [4.69, 9.17) is 0 Å². The monoisotopic (exact) mass is 351 g/mol. The zero-order valence-electron chi connectivity index (χ0n) is 14.5. The van der Waals surface area contributed by atoms with Crippen LogP contribution in [-0.2, 0) is 4.79 Å². The van der Waals surface area contributed by atoms with Crippen molar-refractivity contribution in [2.45, 2.75) is 13.3 Å². The van der Waals surface area contributed by atoms with Crippen molar-refractivity contribution in [2.75, 3.05) is 12.4 Å². The number of rotatable bonds is 4. The third-order valence-corrected chi connectivity index (χ3v) is 4.17. The maximum atomic E-state index is 12.4. The molecule has 1 atom stereocenters. The molecule has 0 saturated heterocycles. The Balaban J connectivity index is 1.73. The van der Waals surface area contributed by atoms with Crippen molar-refractivity contribution >= 4 is 28.9 Å². The molecule has 0 fully saturated rings. The molecule has 3 rings (SSSR count). The Labute approximate surface area is 150 Å². The van der Waals surface area contributed by atoms with E-state index in [2.05, 4.69) is 15.8 Å². The van der Waals surface area contributed by atoms with E-state index in [0.29, 0.717) is 28.1 Å². The summed E-state index contributed by atoms with van der Waals surface area (Å²) in [7, 11) is 1.38. The van der Waals surface area contributed by atoms with E-state index < -0.39 is 0 Å². The standard InChI is InChI=1S/C19H18N4O3/c1-12-10-17(24)21-22-18(12)13-6-8-15(9-7-13)20-19(25)14-4-3-5-16(11-14)23(2)26/h3-9,11-12H,10H2,1-2H3,(H-,20,21,22,24,25)/p+1. The van der Waals surface area contributed by atoms with E-state index in [9.17, 15) is 14.5 Å². The molecule has 2 aromatic rings. The number of nitrogens with zero attached hydrogens (tertiary/aromatic N) is 2. The fourth-order valence-electron chi connectivity index (χ4n) is 2.77. The molecule has 0 aliphatic carbocycles. The van der Waals surface area contributed by atoms with Crippen molar-refractivity contribution < 1.29 is 14.3 Å². The summed E-state index contributed by atoms with van der Waals surface area (Å²) in [5.41, 5.74) is 5.65. The topological polar surface area (TPSA) is 90.6 Å². The first-order valence-electron chi connectivity index (χ1n) is 8.23. The number of carbonyl (C=O) groups excluding carboxylic acids is 2. The molecule has 0 radical (unpaired) electrons. The van der Waals surface area contributed by atoms with Crippen LogP contribution in [0.5, 0.6) is 0 Å². The van der Waals surface area contributed by atoms with Crippen LogP contribution in [0.3, 0.4) is 0 Å². The van der Waals surface area contributed by atoms with Crippen LogP contribution in [0, 0.1) is 10.8 Å². The Morgan fingerprint density at radius 3 is 2.62 bits per heavy atom. The van der Waals surface area contributed by atoms with Crippen LogP contribution >= 0.6 is 0 Å². The summed E-state index contributed by atoms with van der Waals surface area (Å²) in [5.74, 6) is -0.343. The highest BCUT2D eigenvalue weighted by molar-refractivity contribution is 6.07. The minimum atomic E-state index is -0.294. The van der Waals surface area contributed by atoms with Gasteiger partial charge in [0.15, 0.2) is 7.05 Å². The second-order valence-corrected chi connectivity index (χ2v) is 6.22. The predicted octanol–water partition coefficient (Wildman–Crippen LogP) is 2.84. The van der Waals surface area contributed by atoms with Gasteiger partial charge in [0.05, 0.1) is 5.71 Å². The van der Waals surface area contributed by atoms with Crippen molar-refractivity contribution in [1.29, 1.82) is 0 Å². The first-order valence-corrected chi connectivity index (χ1v) is 8.23. The SMILES string of the molecule is CC1CC(=O)NN=C1c1ccc(NC(=O)c2cccc([N+](C)=O)c2)cc1. The van der Waals surface area contributed by atoms with Gasteiger partial charge in [-0.1, -0.05) is 25.1 Å². The second kappa shape index (κ2) is 7.26. The van der Waals surface area contributed by atoms with Gasteiger partial charge >= 0.3 is 0 Å². The minimum Gasteiger partial charge on any atom is -0.322 e. The van der Waals surface area contributed by atoms with Gasteiger partial charge in [-0.05, 0) is 23.8 Å². The molecular formula is C19H19N4O3+. The number of hydrogen-bond acceptors (Lipinski definition) is 4. The van der Waals surface area contributed by atoms with E-state index in [1.807, 2.05) is 19.1 Å². The molecule has 132 valence electrons. The molecule has 7 nitrogen and oxygen atoms in total. The van der Waals surface area contributed by atoms with Gasteiger partial charge in [-0.25, -0.2) is 5.43 Å². The van der Waals surface area contributed by atoms with Gasteiger partial charge in [0.2, 0.25) is 5.91 Å². The Bertz CT molecular complexity index is 903. The number of anilines is 1. The highest BCUT2D eigenvalue weighted by Gasteiger charge is 2.21. The average molecular weight is 351 g/mol. The molecule has 2 amide bonds. The van der Waals surface area contributed by atoms with Gasteiger partial charge in [-0.15, -0.1) is 0 Å². The van der Waals surface area contributed by atoms with Crippen LogP contribution in [0.2, 0.25) is 0 Å². The number of nitrogens with one attached hydrogen (secondary N) is 2. The lowest BCUT2D eigenvalue weighted by atomic mass is 9.94. The molecule has 1 unspecified atom stereocenters. The largest absolute Gasteiger partial charge is 0.322 e. The summed E-state index contributed by atoms with van der Waals surface area (Å²) < 4.78 is 0.705. The lowest BCUT2D eigenvalue weighted by Crippen LogP contribution is -2.31. The lowest BCUT2D eigenvalue weighted by Gasteiger charge is -2.19. The summed E-state index contributed by atoms with van der Waals surface area (Å²) in [5, 5.41) is 6.93. The summed E-state index contributed by atoms with van der Waals surface area (Å²) in [6.07, 6.45) is 0.405. The summed E-state index contributed by atoms with van der Waals surface area (Å²) in [4.78, 5) is 35.1. The Morgan fingerprint density at radius 2 is 1.96 bits per heavy atom. The predicted molar refractivity (Wildman–Crippen MR) is 98.5 cm³/mol. The minimum absolute atomic E-state index is 0.0380. The van der Waals surface area contributed by atoms with Crippen LogP contribution in [0.1, 0.15) is 29.3 Å². The van der Waals surface area contributed by atoms with Crippen molar-refractivity contribution in [3.05, 3.63) is 64.6 Å². The van der Waals surface area contributed by atoms with Crippen LogP contribution in [0.4, 0.5) is 11.4 Å². The number of carbonyl (C=O) groups is 2. The highest BCUT2D eigenvalue weighted by atomic mass is 16.3. The summed E-state index contributed by atoms with van der Waals surface area (Å²) in [6.45, 7) is 1.95. The Hall–Kier alpha value is -3.35. The van der Waals surface area contributed by atoms with Gasteiger partial charge in [0, 0.05) is 45.4 Å². The molecule has 2 aromatic carbocycles. The zero-order chi connectivity index (χ0) is 18.7. The van der Waals surface area contributed by atoms with E-state index in [0.717, 1.165) is 11.3 Å². The Morgan fingerprint density at radius 1 is 1.23 bits per heavy atom. The van der Waals surface area contributed by atoms with Crippen molar-refractivity contribution in [3.63, 3.8) is 0 Å². The maximum absolute atomic E-state index is 12.4. The van der Waals surface area contributed by atoms with Crippen LogP contribution < -0.4 is 10.7 Å². The molecule has 0 spiro atoms. The zero-order valence-corrected chi connectivity index (χ0v) is 14.5. The number of benzene rings is 2. The molecule has 1 aliphatic rings. The van der Waals surface area contributed by atoms with Gasteiger partial charge < -0.3 is 5.32 Å². The fraction of sp³-hybridized carbons (Fsp3) is 0.211. The van der Waals surface area contributed by atoms with Gasteiger partial charge in [-0.3, -0.25) is 9.59 Å². The van der Waals surface area contributed by atoms with Crippen molar-refractivity contribution in [2.24, 2.45) is 11.0 Å². The summed E-state index contributed by atoms with van der Waals surface area (Å²) in [6, 6.07) is 13.8. The van der Waals surface area contributed by atoms with Gasteiger partial charge in [0.25, 0.3) is 11.6 Å². The summed E-state index contributed by atoms with van der Waals surface area (Å²) >= 11 is 0. The second-order valence-electron chi connectivity index (χ2n) is 6.22. The fourth-order valence-corrected chi connectivity index (χ4v) is 2.77. The number of hydrazone groups is 1. The van der Waals surface area contributed by atoms with Crippen molar-refractivity contribution in [3.8, 4) is 0 Å². The van der Waals surface area contributed by atoms with Crippen LogP contribution in [0.15, 0.2) is 53.6 Å². The van der Waals surface area contributed by atoms with Crippen LogP contribution in [0.25, 0.3) is 0 Å². The first kappa shape index (κ1) is 17.5. The number of hydrogen-bond donors (Lipinski definition) is 2. The molecule has 0 bridgehead atoms. The molecule has 26 heavy (non-hydrogen) atoms. The third-order valence-electron chi connectivity index (χ3n) is 4.17. The lowest BCUT2D eigenvalue weighted by molar-refractivity contribution is -0.428. The molecule has 1 aliphatic heterocycles. The highest BCUT2D eigenvalue weighted by Crippen LogP contribution is 2.19. The van der Waals surface area contributed by atoms with E-state index in [1.54, 1.807) is 30.3 Å². The molecule has 2 N–H and O–H groups in total. The average Bonchev–Trinajstić information content (AvgIpc) is 2.63. The maximum Gasteiger partial charge on any atom is 0.256 e.